The molecule has 2 aromatic rings. The lowest BCUT2D eigenvalue weighted by molar-refractivity contribution is -0.142. The van der Waals surface area contributed by atoms with Crippen LogP contribution in [0.15, 0.2) is 54.6 Å². The highest BCUT2D eigenvalue weighted by Gasteiger charge is 2.32. The van der Waals surface area contributed by atoms with Gasteiger partial charge in [-0.1, -0.05) is 56.3 Å². The van der Waals surface area contributed by atoms with Crippen molar-refractivity contribution in [1.82, 2.24) is 16.0 Å². The minimum atomic E-state index is -1.25. The fraction of sp³-hybridized carbons (Fsp3) is 0.429. The number of hydrogen-bond donors (Lipinski definition) is 6. The molecule has 0 radical (unpaired) electrons. The lowest BCUT2D eigenvalue weighted by atomic mass is 10.0. The Morgan fingerprint density at radius 3 is 1.97 bits per heavy atom. The molecule has 4 atom stereocenters. The number of thioether (sulfide) groups is 1. The molecule has 4 unspecified atom stereocenters. The van der Waals surface area contributed by atoms with E-state index in [1.54, 1.807) is 26.0 Å². The van der Waals surface area contributed by atoms with Gasteiger partial charge in [-0.3, -0.25) is 14.4 Å². The van der Waals surface area contributed by atoms with Crippen LogP contribution in [-0.4, -0.2) is 70.1 Å². The summed E-state index contributed by atoms with van der Waals surface area (Å²) in [7, 11) is 0. The Bertz CT molecular complexity index is 1100. The van der Waals surface area contributed by atoms with Crippen LogP contribution in [0.5, 0.6) is 5.75 Å². The number of hydrogen-bond acceptors (Lipinski definition) is 7. The molecule has 3 amide bonds. The predicted molar refractivity (Wildman–Crippen MR) is 151 cm³/mol. The molecule has 0 saturated heterocycles. The SMILES string of the molecule is CSCCC(NC(=O)C(N)Cc1ccccc1)C(=O)NC(C(=O)NC(Cc1ccc(O)cc1)C(=O)O)C(C)C. The van der Waals surface area contributed by atoms with Crippen LogP contribution in [0.3, 0.4) is 0 Å². The van der Waals surface area contributed by atoms with Crippen LogP contribution >= 0.6 is 11.8 Å². The van der Waals surface area contributed by atoms with E-state index in [1.165, 1.54) is 23.9 Å². The quantitative estimate of drug-likeness (QED) is 0.191. The number of aliphatic carboxylic acids is 1. The maximum atomic E-state index is 13.2. The fourth-order valence-electron chi connectivity index (χ4n) is 3.86. The zero-order chi connectivity index (χ0) is 28.9. The van der Waals surface area contributed by atoms with Gasteiger partial charge in [-0.05, 0) is 54.0 Å². The van der Waals surface area contributed by atoms with E-state index in [0.717, 1.165) is 5.56 Å². The zero-order valence-electron chi connectivity index (χ0n) is 22.4. The zero-order valence-corrected chi connectivity index (χ0v) is 23.2. The third kappa shape index (κ3) is 10.6. The van der Waals surface area contributed by atoms with Gasteiger partial charge in [0, 0.05) is 6.42 Å². The second kappa shape index (κ2) is 15.7. The molecule has 0 saturated carbocycles. The Morgan fingerprint density at radius 1 is 0.821 bits per heavy atom. The molecule has 0 aliphatic carbocycles. The van der Waals surface area contributed by atoms with Crippen molar-refractivity contribution in [3.05, 3.63) is 65.7 Å². The molecule has 212 valence electrons. The standard InChI is InChI=1S/C28H38N4O6S/c1-17(2)24(27(36)31-23(28(37)38)16-19-9-11-20(33)12-10-19)32-26(35)22(13-14-39-3)30-25(34)21(29)15-18-7-5-4-6-8-18/h4-12,17,21-24,33H,13-16,29H2,1-3H3,(H,30,34)(H,31,36)(H,32,35)(H,37,38). The van der Waals surface area contributed by atoms with Crippen LogP contribution in [0.1, 0.15) is 31.4 Å². The van der Waals surface area contributed by atoms with E-state index in [0.29, 0.717) is 24.2 Å². The van der Waals surface area contributed by atoms with Gasteiger partial charge in [0.25, 0.3) is 0 Å². The monoisotopic (exact) mass is 558 g/mol. The van der Waals surface area contributed by atoms with Crippen LogP contribution in [0, 0.1) is 5.92 Å². The number of nitrogens with two attached hydrogens (primary N) is 1. The maximum absolute atomic E-state index is 13.2. The molecule has 2 aromatic carbocycles. The number of aromatic hydroxyl groups is 1. The first-order valence-corrected chi connectivity index (χ1v) is 14.1. The van der Waals surface area contributed by atoms with Crippen molar-refractivity contribution >= 4 is 35.5 Å². The number of nitrogens with one attached hydrogen (secondary N) is 3. The summed E-state index contributed by atoms with van der Waals surface area (Å²) in [6, 6.07) is 11.2. The van der Waals surface area contributed by atoms with Gasteiger partial charge in [-0.25, -0.2) is 4.79 Å². The highest BCUT2D eigenvalue weighted by molar-refractivity contribution is 7.98. The van der Waals surface area contributed by atoms with E-state index in [9.17, 15) is 29.4 Å². The molecular formula is C28H38N4O6S. The Labute approximate surface area is 233 Å². The lowest BCUT2D eigenvalue weighted by Gasteiger charge is -2.27. The van der Waals surface area contributed by atoms with E-state index >= 15 is 0 Å². The average molecular weight is 559 g/mol. The van der Waals surface area contributed by atoms with E-state index < -0.39 is 47.9 Å². The van der Waals surface area contributed by atoms with Gasteiger partial charge in [0.05, 0.1) is 6.04 Å². The summed E-state index contributed by atoms with van der Waals surface area (Å²) in [5.41, 5.74) is 7.60. The first-order valence-electron chi connectivity index (χ1n) is 12.7. The number of carboxylic acid groups (broad SMARTS) is 1. The van der Waals surface area contributed by atoms with Gasteiger partial charge in [0.15, 0.2) is 0 Å². The van der Waals surface area contributed by atoms with Crippen LogP contribution in [0.2, 0.25) is 0 Å². The molecule has 0 spiro atoms. The van der Waals surface area contributed by atoms with Gasteiger partial charge >= 0.3 is 5.97 Å². The summed E-state index contributed by atoms with van der Waals surface area (Å²) < 4.78 is 0. The molecule has 10 nitrogen and oxygen atoms in total. The molecule has 0 aliphatic heterocycles. The second-order valence-corrected chi connectivity index (χ2v) is 10.6. The Hall–Kier alpha value is -3.57. The minimum absolute atomic E-state index is 0.00811. The highest BCUT2D eigenvalue weighted by atomic mass is 32.2. The first-order chi connectivity index (χ1) is 18.5. The summed E-state index contributed by atoms with van der Waals surface area (Å²) in [6.45, 7) is 3.46. The topological polar surface area (TPSA) is 171 Å². The lowest BCUT2D eigenvalue weighted by Crippen LogP contribution is -2.58. The Balaban J connectivity index is 2.08. The van der Waals surface area contributed by atoms with Gasteiger partial charge in [0.1, 0.15) is 23.9 Å². The molecule has 0 fully saturated rings. The smallest absolute Gasteiger partial charge is 0.326 e. The van der Waals surface area contributed by atoms with Crippen molar-refractivity contribution in [3.63, 3.8) is 0 Å². The number of phenols is 1. The van der Waals surface area contributed by atoms with E-state index in [-0.39, 0.29) is 18.1 Å². The summed E-state index contributed by atoms with van der Waals surface area (Å²) in [4.78, 5) is 51.0. The van der Waals surface area contributed by atoms with Gasteiger partial charge < -0.3 is 31.9 Å². The average Bonchev–Trinajstić information content (AvgIpc) is 2.90. The number of phenolic OH excluding ortho intramolecular Hbond substituents is 1. The van der Waals surface area contributed by atoms with Crippen molar-refractivity contribution < 1.29 is 29.4 Å². The maximum Gasteiger partial charge on any atom is 0.326 e. The fourth-order valence-corrected chi connectivity index (χ4v) is 4.33. The molecule has 0 aromatic heterocycles. The van der Waals surface area contributed by atoms with Crippen molar-refractivity contribution in [2.24, 2.45) is 11.7 Å². The summed E-state index contributed by atoms with van der Waals surface area (Å²) in [6.07, 6.45) is 2.49. The number of amides is 3. The Morgan fingerprint density at radius 2 is 1.41 bits per heavy atom. The number of rotatable bonds is 15. The summed E-state index contributed by atoms with van der Waals surface area (Å²) in [5.74, 6) is -2.66. The Kier molecular flexibility index (Phi) is 12.8. The minimum Gasteiger partial charge on any atom is -0.508 e. The van der Waals surface area contributed by atoms with Crippen LogP contribution in [0.25, 0.3) is 0 Å². The van der Waals surface area contributed by atoms with E-state index in [4.69, 9.17) is 5.73 Å². The molecule has 7 N–H and O–H groups in total. The molecule has 39 heavy (non-hydrogen) atoms. The third-order valence-electron chi connectivity index (χ3n) is 6.12. The van der Waals surface area contributed by atoms with Crippen molar-refractivity contribution in [3.8, 4) is 5.75 Å². The van der Waals surface area contributed by atoms with Crippen LogP contribution < -0.4 is 21.7 Å². The largest absolute Gasteiger partial charge is 0.508 e. The molecule has 0 bridgehead atoms. The third-order valence-corrected chi connectivity index (χ3v) is 6.76. The van der Waals surface area contributed by atoms with Crippen molar-refractivity contribution in [2.75, 3.05) is 12.0 Å². The van der Waals surface area contributed by atoms with Crippen LogP contribution in [-0.2, 0) is 32.0 Å². The number of carbonyl (C=O) groups is 4. The van der Waals surface area contributed by atoms with Gasteiger partial charge in [-0.15, -0.1) is 0 Å². The van der Waals surface area contributed by atoms with Crippen molar-refractivity contribution in [2.45, 2.75) is 57.3 Å². The predicted octanol–water partition coefficient (Wildman–Crippen LogP) is 1.45. The molecule has 0 aliphatic rings. The van der Waals surface area contributed by atoms with Crippen molar-refractivity contribution in [1.29, 1.82) is 0 Å². The summed E-state index contributed by atoms with van der Waals surface area (Å²) >= 11 is 1.51. The number of carbonyl (C=O) groups excluding carboxylic acids is 3. The molecule has 11 heteroatoms. The normalized spacial score (nSPS) is 14.1. The van der Waals surface area contributed by atoms with Crippen LogP contribution in [0.4, 0.5) is 0 Å². The van der Waals surface area contributed by atoms with E-state index in [1.807, 2.05) is 36.6 Å². The molecular weight excluding hydrogens is 520 g/mol. The van der Waals surface area contributed by atoms with E-state index in [2.05, 4.69) is 16.0 Å². The molecule has 2 rings (SSSR count). The highest BCUT2D eigenvalue weighted by Crippen LogP contribution is 2.13. The number of carboxylic acids is 1. The van der Waals surface area contributed by atoms with Gasteiger partial charge in [0.2, 0.25) is 17.7 Å². The summed E-state index contributed by atoms with van der Waals surface area (Å²) in [5, 5.41) is 27.0. The van der Waals surface area contributed by atoms with Gasteiger partial charge in [-0.2, -0.15) is 11.8 Å². The number of benzene rings is 2. The first kappa shape index (κ1) is 31.6. The molecule has 0 heterocycles. The second-order valence-electron chi connectivity index (χ2n) is 9.64.